The van der Waals surface area contributed by atoms with Gasteiger partial charge in [-0.15, -0.1) is 0 Å². The molecule has 0 fully saturated rings. The largest absolute Gasteiger partial charge is 0.493 e. The number of hydrogen-bond donors (Lipinski definition) is 2. The van der Waals surface area contributed by atoms with Crippen molar-refractivity contribution in [3.8, 4) is 11.5 Å². The molecule has 5 heteroatoms. The standard InChI is InChI=1S/C11H18N2O3/c1-14-5-4-13-9-7-11(16-3)10(15-2)6-8(9)12/h6-7,13H,4-5,12H2,1-3H3. The molecule has 0 heterocycles. The summed E-state index contributed by atoms with van der Waals surface area (Å²) >= 11 is 0. The lowest BCUT2D eigenvalue weighted by molar-refractivity contribution is 0.211. The van der Waals surface area contributed by atoms with Gasteiger partial charge in [0, 0.05) is 25.8 Å². The van der Waals surface area contributed by atoms with E-state index < -0.39 is 0 Å². The SMILES string of the molecule is COCCNc1cc(OC)c(OC)cc1N. The minimum Gasteiger partial charge on any atom is -0.493 e. The Balaban J connectivity index is 2.84. The predicted octanol–water partition coefficient (Wildman–Crippen LogP) is 1.34. The second-order valence-electron chi connectivity index (χ2n) is 3.21. The van der Waals surface area contributed by atoms with Crippen LogP contribution >= 0.6 is 0 Å². The number of nitrogen functional groups attached to an aromatic ring is 1. The highest BCUT2D eigenvalue weighted by atomic mass is 16.5. The second kappa shape index (κ2) is 6.07. The lowest BCUT2D eigenvalue weighted by Crippen LogP contribution is -2.09. The minimum atomic E-state index is 0.619. The van der Waals surface area contributed by atoms with Crippen molar-refractivity contribution < 1.29 is 14.2 Å². The topological polar surface area (TPSA) is 65.7 Å². The number of rotatable bonds is 6. The number of anilines is 2. The van der Waals surface area contributed by atoms with E-state index in [-0.39, 0.29) is 0 Å². The summed E-state index contributed by atoms with van der Waals surface area (Å²) in [6.07, 6.45) is 0. The lowest BCUT2D eigenvalue weighted by Gasteiger charge is -2.13. The molecule has 0 aliphatic heterocycles. The van der Waals surface area contributed by atoms with Gasteiger partial charge in [-0.05, 0) is 0 Å². The zero-order valence-electron chi connectivity index (χ0n) is 9.87. The fourth-order valence-corrected chi connectivity index (χ4v) is 1.34. The molecule has 0 atom stereocenters. The van der Waals surface area contributed by atoms with E-state index in [1.54, 1.807) is 27.4 Å². The predicted molar refractivity (Wildman–Crippen MR) is 64.3 cm³/mol. The molecule has 3 N–H and O–H groups in total. The molecule has 1 rings (SSSR count). The Morgan fingerprint density at radius 2 is 1.75 bits per heavy atom. The van der Waals surface area contributed by atoms with Crippen LogP contribution < -0.4 is 20.5 Å². The zero-order chi connectivity index (χ0) is 12.0. The van der Waals surface area contributed by atoms with Gasteiger partial charge >= 0.3 is 0 Å². The molecule has 90 valence electrons. The highest BCUT2D eigenvalue weighted by Crippen LogP contribution is 2.34. The maximum Gasteiger partial charge on any atom is 0.162 e. The third-order valence-electron chi connectivity index (χ3n) is 2.18. The summed E-state index contributed by atoms with van der Waals surface area (Å²) in [4.78, 5) is 0. The maximum absolute atomic E-state index is 5.86. The maximum atomic E-state index is 5.86. The molecule has 1 aromatic rings. The van der Waals surface area contributed by atoms with E-state index in [1.807, 2.05) is 6.07 Å². The van der Waals surface area contributed by atoms with Crippen LogP contribution in [0.1, 0.15) is 0 Å². The average molecular weight is 226 g/mol. The molecule has 0 aromatic heterocycles. The van der Waals surface area contributed by atoms with E-state index in [0.717, 1.165) is 5.69 Å². The van der Waals surface area contributed by atoms with Crippen LogP contribution in [0.2, 0.25) is 0 Å². The Kier molecular flexibility index (Phi) is 4.72. The molecule has 0 spiro atoms. The smallest absolute Gasteiger partial charge is 0.162 e. The summed E-state index contributed by atoms with van der Waals surface area (Å²) in [6, 6.07) is 3.54. The van der Waals surface area contributed by atoms with Gasteiger partial charge in [-0.2, -0.15) is 0 Å². The highest BCUT2D eigenvalue weighted by molar-refractivity contribution is 5.72. The molecule has 0 saturated carbocycles. The first-order chi connectivity index (χ1) is 7.72. The third kappa shape index (κ3) is 2.93. The lowest BCUT2D eigenvalue weighted by atomic mass is 10.2. The molecule has 0 aliphatic carbocycles. The Bertz CT molecular complexity index is 342. The molecular weight excluding hydrogens is 208 g/mol. The third-order valence-corrected chi connectivity index (χ3v) is 2.18. The van der Waals surface area contributed by atoms with Crippen molar-refractivity contribution in [1.29, 1.82) is 0 Å². The second-order valence-corrected chi connectivity index (χ2v) is 3.21. The quantitative estimate of drug-likeness (QED) is 0.566. The Hall–Kier alpha value is -1.62. The minimum absolute atomic E-state index is 0.619. The van der Waals surface area contributed by atoms with Crippen molar-refractivity contribution in [1.82, 2.24) is 0 Å². The van der Waals surface area contributed by atoms with E-state index in [1.165, 1.54) is 0 Å². The first-order valence-electron chi connectivity index (χ1n) is 4.97. The van der Waals surface area contributed by atoms with Gasteiger partial charge in [0.25, 0.3) is 0 Å². The van der Waals surface area contributed by atoms with Gasteiger partial charge < -0.3 is 25.3 Å². The van der Waals surface area contributed by atoms with Gasteiger partial charge in [0.15, 0.2) is 11.5 Å². The van der Waals surface area contributed by atoms with Crippen LogP contribution in [0.4, 0.5) is 11.4 Å². The number of hydrogen-bond acceptors (Lipinski definition) is 5. The highest BCUT2D eigenvalue weighted by Gasteiger charge is 2.08. The van der Waals surface area contributed by atoms with Crippen molar-refractivity contribution in [3.05, 3.63) is 12.1 Å². The first-order valence-corrected chi connectivity index (χ1v) is 4.97. The van der Waals surface area contributed by atoms with E-state index in [4.69, 9.17) is 19.9 Å². The monoisotopic (exact) mass is 226 g/mol. The summed E-state index contributed by atoms with van der Waals surface area (Å²) in [5.41, 5.74) is 7.30. The molecule has 5 nitrogen and oxygen atoms in total. The molecule has 1 aromatic carbocycles. The molecule has 0 aliphatic rings. The number of ether oxygens (including phenoxy) is 3. The molecule has 0 bridgehead atoms. The van der Waals surface area contributed by atoms with Gasteiger partial charge in [0.2, 0.25) is 0 Å². The van der Waals surface area contributed by atoms with Gasteiger partial charge in [-0.25, -0.2) is 0 Å². The normalized spacial score (nSPS) is 9.94. The molecule has 16 heavy (non-hydrogen) atoms. The average Bonchev–Trinajstić information content (AvgIpc) is 2.31. The van der Waals surface area contributed by atoms with Crippen LogP contribution in [0.25, 0.3) is 0 Å². The van der Waals surface area contributed by atoms with Gasteiger partial charge in [0.1, 0.15) is 0 Å². The Labute approximate surface area is 95.5 Å². The molecular formula is C11H18N2O3. The van der Waals surface area contributed by atoms with E-state index in [0.29, 0.717) is 30.3 Å². The van der Waals surface area contributed by atoms with E-state index in [9.17, 15) is 0 Å². The number of methoxy groups -OCH3 is 3. The molecule has 0 unspecified atom stereocenters. The van der Waals surface area contributed by atoms with Crippen LogP contribution in [-0.4, -0.2) is 34.5 Å². The summed E-state index contributed by atoms with van der Waals surface area (Å²) in [5.74, 6) is 1.27. The summed E-state index contributed by atoms with van der Waals surface area (Å²) < 4.78 is 15.3. The van der Waals surface area contributed by atoms with Crippen molar-refractivity contribution in [2.24, 2.45) is 0 Å². The Morgan fingerprint density at radius 1 is 1.12 bits per heavy atom. The molecule has 0 saturated heterocycles. The zero-order valence-corrected chi connectivity index (χ0v) is 9.87. The van der Waals surface area contributed by atoms with Crippen molar-refractivity contribution in [2.75, 3.05) is 45.5 Å². The van der Waals surface area contributed by atoms with Crippen molar-refractivity contribution in [2.45, 2.75) is 0 Å². The van der Waals surface area contributed by atoms with Crippen LogP contribution in [0, 0.1) is 0 Å². The summed E-state index contributed by atoms with van der Waals surface area (Å²) in [5, 5.41) is 3.15. The van der Waals surface area contributed by atoms with Crippen LogP contribution in [-0.2, 0) is 4.74 Å². The summed E-state index contributed by atoms with van der Waals surface area (Å²) in [6.45, 7) is 1.31. The van der Waals surface area contributed by atoms with E-state index in [2.05, 4.69) is 5.32 Å². The van der Waals surface area contributed by atoms with Gasteiger partial charge in [-0.1, -0.05) is 0 Å². The first kappa shape index (κ1) is 12.4. The molecule has 0 radical (unpaired) electrons. The van der Waals surface area contributed by atoms with Crippen molar-refractivity contribution >= 4 is 11.4 Å². The van der Waals surface area contributed by atoms with Gasteiger partial charge in [0.05, 0.1) is 32.2 Å². The number of nitrogens with one attached hydrogen (secondary N) is 1. The van der Waals surface area contributed by atoms with Gasteiger partial charge in [-0.3, -0.25) is 0 Å². The fraction of sp³-hybridized carbons (Fsp3) is 0.455. The van der Waals surface area contributed by atoms with Crippen molar-refractivity contribution in [3.63, 3.8) is 0 Å². The summed E-state index contributed by atoms with van der Waals surface area (Å²) in [7, 11) is 4.82. The number of benzene rings is 1. The van der Waals surface area contributed by atoms with Crippen LogP contribution in [0.15, 0.2) is 12.1 Å². The fourth-order valence-electron chi connectivity index (χ4n) is 1.34. The molecule has 0 amide bonds. The van der Waals surface area contributed by atoms with Crippen LogP contribution in [0.5, 0.6) is 11.5 Å². The van der Waals surface area contributed by atoms with Crippen LogP contribution in [0.3, 0.4) is 0 Å². The van der Waals surface area contributed by atoms with E-state index >= 15 is 0 Å². The number of nitrogens with two attached hydrogens (primary N) is 1. The Morgan fingerprint density at radius 3 is 2.31 bits per heavy atom.